The Morgan fingerprint density at radius 1 is 0.935 bits per heavy atom. The molecule has 0 radical (unpaired) electrons. The Labute approximate surface area is 176 Å². The quantitative estimate of drug-likeness (QED) is 0.506. The van der Waals surface area contributed by atoms with Crippen molar-refractivity contribution in [2.75, 3.05) is 18.0 Å². The number of rotatable bonds is 4. The number of anilines is 1. The molecule has 0 aliphatic carbocycles. The zero-order valence-electron chi connectivity index (χ0n) is 16.5. The Balaban J connectivity index is 1.41. The highest BCUT2D eigenvalue weighted by Crippen LogP contribution is 2.43. The third-order valence-electron chi connectivity index (χ3n) is 5.85. The van der Waals surface area contributed by atoms with Gasteiger partial charge < -0.3 is 10.0 Å². The number of phenols is 1. The average Bonchev–Trinajstić information content (AvgIpc) is 2.73. The minimum absolute atomic E-state index is 0.177. The number of hydrogen-bond donors (Lipinski definition) is 1. The van der Waals surface area contributed by atoms with Crippen molar-refractivity contribution in [2.24, 2.45) is 5.92 Å². The van der Waals surface area contributed by atoms with E-state index < -0.39 is 17.7 Å². The fourth-order valence-corrected chi connectivity index (χ4v) is 4.12. The molecule has 31 heavy (non-hydrogen) atoms. The van der Waals surface area contributed by atoms with Crippen LogP contribution in [0.15, 0.2) is 54.7 Å². The van der Waals surface area contributed by atoms with Crippen molar-refractivity contribution in [3.05, 3.63) is 65.9 Å². The van der Waals surface area contributed by atoms with E-state index in [4.69, 9.17) is 0 Å². The summed E-state index contributed by atoms with van der Waals surface area (Å²) >= 11 is 0. The predicted octanol–water partition coefficient (Wildman–Crippen LogP) is 6.05. The van der Waals surface area contributed by atoms with E-state index in [0.717, 1.165) is 60.2 Å². The van der Waals surface area contributed by atoms with Crippen LogP contribution in [0.4, 0.5) is 27.6 Å². The lowest BCUT2D eigenvalue weighted by molar-refractivity contribution is -0.289. The summed E-state index contributed by atoms with van der Waals surface area (Å²) in [6.45, 7) is 1.56. The van der Waals surface area contributed by atoms with E-state index in [9.17, 15) is 27.1 Å². The van der Waals surface area contributed by atoms with Crippen LogP contribution in [0.2, 0.25) is 0 Å². The van der Waals surface area contributed by atoms with Crippen molar-refractivity contribution in [1.82, 2.24) is 4.98 Å². The van der Waals surface area contributed by atoms with E-state index in [1.165, 1.54) is 12.1 Å². The maximum absolute atomic E-state index is 13.4. The third-order valence-corrected chi connectivity index (χ3v) is 5.85. The number of phenolic OH excluding ortho intramolecular Hbond substituents is 1. The van der Waals surface area contributed by atoms with Gasteiger partial charge in [0.25, 0.3) is 0 Å². The first-order valence-corrected chi connectivity index (χ1v) is 10.0. The number of hydrogen-bond acceptors (Lipinski definition) is 3. The minimum atomic E-state index is -5.60. The number of aromatic nitrogens is 1. The summed E-state index contributed by atoms with van der Waals surface area (Å²) < 4.78 is 64.4. The number of nitrogens with zero attached hydrogens (tertiary/aromatic N) is 2. The van der Waals surface area contributed by atoms with Gasteiger partial charge in [0, 0.05) is 35.9 Å². The Kier molecular flexibility index (Phi) is 5.49. The first-order valence-electron chi connectivity index (χ1n) is 10.0. The van der Waals surface area contributed by atoms with Crippen molar-refractivity contribution >= 4 is 16.6 Å². The normalized spacial score (nSPS) is 16.1. The van der Waals surface area contributed by atoms with E-state index in [1.807, 2.05) is 6.07 Å². The number of halogens is 5. The molecule has 4 rings (SSSR count). The Morgan fingerprint density at radius 2 is 1.61 bits per heavy atom. The van der Waals surface area contributed by atoms with Gasteiger partial charge in [-0.3, -0.25) is 4.98 Å². The van der Waals surface area contributed by atoms with Crippen LogP contribution in [-0.2, 0) is 12.3 Å². The highest BCUT2D eigenvalue weighted by Gasteiger charge is 2.58. The van der Waals surface area contributed by atoms with E-state index in [-0.39, 0.29) is 5.75 Å². The van der Waals surface area contributed by atoms with Crippen molar-refractivity contribution in [3.63, 3.8) is 0 Å². The summed E-state index contributed by atoms with van der Waals surface area (Å²) in [5, 5.41) is 10.7. The highest BCUT2D eigenvalue weighted by atomic mass is 19.4. The maximum Gasteiger partial charge on any atom is 0.458 e. The molecule has 2 heterocycles. The van der Waals surface area contributed by atoms with Gasteiger partial charge >= 0.3 is 12.1 Å². The molecule has 1 fully saturated rings. The summed E-state index contributed by atoms with van der Waals surface area (Å²) in [6, 6.07) is 11.4. The molecule has 164 valence electrons. The maximum atomic E-state index is 13.4. The lowest BCUT2D eigenvalue weighted by atomic mass is 9.89. The number of benzene rings is 2. The van der Waals surface area contributed by atoms with Gasteiger partial charge in [-0.2, -0.15) is 22.0 Å². The Morgan fingerprint density at radius 3 is 2.26 bits per heavy atom. The molecule has 8 heteroatoms. The molecule has 1 N–H and O–H groups in total. The number of piperidine rings is 1. The molecule has 0 bridgehead atoms. The van der Waals surface area contributed by atoms with Crippen LogP contribution in [0.5, 0.6) is 5.75 Å². The topological polar surface area (TPSA) is 36.4 Å². The molecule has 1 aliphatic rings. The van der Waals surface area contributed by atoms with Crippen LogP contribution in [0, 0.1) is 5.92 Å². The second-order valence-corrected chi connectivity index (χ2v) is 7.94. The number of fused-ring (bicyclic) bond motifs is 1. The van der Waals surface area contributed by atoms with E-state index in [1.54, 1.807) is 24.4 Å². The van der Waals surface area contributed by atoms with Crippen LogP contribution in [0.25, 0.3) is 10.9 Å². The predicted molar refractivity (Wildman–Crippen MR) is 108 cm³/mol. The number of aromatic hydroxyl groups is 1. The van der Waals surface area contributed by atoms with Gasteiger partial charge in [-0.1, -0.05) is 24.3 Å². The van der Waals surface area contributed by atoms with Gasteiger partial charge in [0.05, 0.1) is 5.52 Å². The fourth-order valence-electron chi connectivity index (χ4n) is 4.12. The molecular weight excluding hydrogens is 415 g/mol. The van der Waals surface area contributed by atoms with Gasteiger partial charge in [0.1, 0.15) is 5.75 Å². The molecule has 0 atom stereocenters. The summed E-state index contributed by atoms with van der Waals surface area (Å²) in [6.07, 6.45) is -1.51. The minimum Gasteiger partial charge on any atom is -0.508 e. The number of pyridine rings is 1. The van der Waals surface area contributed by atoms with E-state index in [2.05, 4.69) is 9.88 Å². The molecule has 0 saturated carbocycles. The molecule has 0 amide bonds. The van der Waals surface area contributed by atoms with Crippen molar-refractivity contribution in [2.45, 2.75) is 31.4 Å². The van der Waals surface area contributed by atoms with Crippen molar-refractivity contribution in [1.29, 1.82) is 0 Å². The highest BCUT2D eigenvalue weighted by molar-refractivity contribution is 5.92. The molecular formula is C23H21F5N2O. The summed E-state index contributed by atoms with van der Waals surface area (Å²) in [7, 11) is 0. The smallest absolute Gasteiger partial charge is 0.458 e. The van der Waals surface area contributed by atoms with Crippen LogP contribution in [0.3, 0.4) is 0 Å². The van der Waals surface area contributed by atoms with Gasteiger partial charge in [-0.15, -0.1) is 0 Å². The van der Waals surface area contributed by atoms with Crippen LogP contribution in [-0.4, -0.2) is 29.4 Å². The summed E-state index contributed by atoms with van der Waals surface area (Å²) in [5.41, 5.74) is 1.51. The second kappa shape index (κ2) is 7.98. The summed E-state index contributed by atoms with van der Waals surface area (Å²) in [4.78, 5) is 6.56. The monoisotopic (exact) mass is 436 g/mol. The fraction of sp³-hybridized carbons (Fsp3) is 0.348. The molecule has 1 saturated heterocycles. The third kappa shape index (κ3) is 4.29. The SMILES string of the molecule is Oc1ccc2nccc(N3CCC(Cc4ccc(C(F)(F)C(F)(F)F)cc4)CC3)c2c1. The molecule has 2 aromatic carbocycles. The zero-order valence-corrected chi connectivity index (χ0v) is 16.5. The first-order chi connectivity index (χ1) is 14.6. The average molecular weight is 436 g/mol. The second-order valence-electron chi connectivity index (χ2n) is 7.94. The first kappa shape index (κ1) is 21.3. The van der Waals surface area contributed by atoms with Crippen LogP contribution < -0.4 is 4.90 Å². The molecule has 1 aliphatic heterocycles. The van der Waals surface area contributed by atoms with E-state index >= 15 is 0 Å². The van der Waals surface area contributed by atoms with E-state index in [0.29, 0.717) is 12.3 Å². The van der Waals surface area contributed by atoms with Gasteiger partial charge in [-0.25, -0.2) is 0 Å². The summed E-state index contributed by atoms with van der Waals surface area (Å²) in [5.74, 6) is -4.36. The van der Waals surface area contributed by atoms with Crippen LogP contribution >= 0.6 is 0 Å². The molecule has 3 nitrogen and oxygen atoms in total. The van der Waals surface area contributed by atoms with Gasteiger partial charge in [0.15, 0.2) is 0 Å². The van der Waals surface area contributed by atoms with Gasteiger partial charge in [-0.05, 0) is 55.0 Å². The molecule has 0 unspecified atom stereocenters. The number of alkyl halides is 5. The Bertz CT molecular complexity index is 1060. The lowest BCUT2D eigenvalue weighted by Crippen LogP contribution is -2.34. The van der Waals surface area contributed by atoms with Crippen LogP contribution in [0.1, 0.15) is 24.0 Å². The standard InChI is InChI=1S/C23H21F5N2O/c24-22(25,23(26,27)28)17-3-1-15(2-4-17)13-16-8-11-30(12-9-16)21-7-10-29-20-6-5-18(31)14-19(20)21/h1-7,10,14,16,31H,8-9,11-13H2. The Hall–Kier alpha value is -2.90. The zero-order chi connectivity index (χ0) is 22.2. The van der Waals surface area contributed by atoms with Crippen molar-refractivity contribution in [3.8, 4) is 5.75 Å². The lowest BCUT2D eigenvalue weighted by Gasteiger charge is -2.34. The molecule has 0 spiro atoms. The molecule has 3 aromatic rings. The van der Waals surface area contributed by atoms with Gasteiger partial charge in [0.2, 0.25) is 0 Å². The molecule has 1 aromatic heterocycles. The largest absolute Gasteiger partial charge is 0.508 e. The van der Waals surface area contributed by atoms with Crippen molar-refractivity contribution < 1.29 is 27.1 Å².